The van der Waals surface area contributed by atoms with Gasteiger partial charge < -0.3 is 9.47 Å². The Hall–Kier alpha value is -0.980. The number of carbonyl (C=O) groups is 2. The maximum Gasteiger partial charge on any atom is 0.344 e. The van der Waals surface area contributed by atoms with E-state index in [2.05, 4.69) is 0 Å². The molecule has 0 unspecified atom stereocenters. The Morgan fingerprint density at radius 1 is 1.05 bits per heavy atom. The number of halogens is 1. The van der Waals surface area contributed by atoms with E-state index in [0.29, 0.717) is 22.4 Å². The summed E-state index contributed by atoms with van der Waals surface area (Å²) < 4.78 is 12.8. The zero-order chi connectivity index (χ0) is 14.8. The van der Waals surface area contributed by atoms with E-state index in [4.69, 9.17) is 9.47 Å². The third-order valence-corrected chi connectivity index (χ3v) is 5.02. The molecule has 1 aliphatic rings. The summed E-state index contributed by atoms with van der Waals surface area (Å²) in [5, 5.41) is 0. The lowest BCUT2D eigenvalue weighted by Gasteiger charge is -2.11. The van der Waals surface area contributed by atoms with Crippen molar-refractivity contribution >= 4 is 36.7 Å². The van der Waals surface area contributed by atoms with Crippen molar-refractivity contribution in [3.63, 3.8) is 0 Å². The van der Waals surface area contributed by atoms with Crippen molar-refractivity contribution in [3.05, 3.63) is 21.3 Å². The Morgan fingerprint density at radius 2 is 1.65 bits per heavy atom. The molecular formula is C15H21IO4. The summed E-state index contributed by atoms with van der Waals surface area (Å²) in [5.74, 6) is -0.778. The van der Waals surface area contributed by atoms with Gasteiger partial charge in [0.1, 0.15) is 3.58 Å². The van der Waals surface area contributed by atoms with E-state index in [1.54, 1.807) is 6.08 Å². The van der Waals surface area contributed by atoms with Crippen molar-refractivity contribution in [2.75, 3.05) is 13.2 Å². The summed E-state index contributed by atoms with van der Waals surface area (Å²) in [7, 11) is 0. The molecule has 0 atom stereocenters. The topological polar surface area (TPSA) is 52.6 Å². The first kappa shape index (κ1) is 17.1. The average molecular weight is 392 g/mol. The van der Waals surface area contributed by atoms with Crippen LogP contribution < -0.4 is 0 Å². The third-order valence-electron chi connectivity index (χ3n) is 2.61. The van der Waals surface area contributed by atoms with Gasteiger partial charge in [-0.2, -0.15) is 0 Å². The third kappa shape index (κ3) is 5.56. The second-order valence-corrected chi connectivity index (χ2v) is 6.72. The molecule has 0 saturated heterocycles. The highest BCUT2D eigenvalue weighted by Gasteiger charge is 2.21. The van der Waals surface area contributed by atoms with Gasteiger partial charge in [-0.25, -0.2) is 9.59 Å². The number of hydrogen-bond acceptors (Lipinski definition) is 4. The highest BCUT2D eigenvalue weighted by Crippen LogP contribution is 2.25. The van der Waals surface area contributed by atoms with Gasteiger partial charge in [0.15, 0.2) is 0 Å². The lowest BCUT2D eigenvalue weighted by molar-refractivity contribution is -0.141. The Kier molecular flexibility index (Phi) is 8.41. The van der Waals surface area contributed by atoms with Crippen LogP contribution in [-0.4, -0.2) is 29.2 Å². The zero-order valence-electron chi connectivity index (χ0n) is 12.0. The van der Waals surface area contributed by atoms with E-state index in [-0.39, 0.29) is 5.97 Å². The second-order valence-electron chi connectivity index (χ2n) is 4.30. The molecule has 0 fully saturated rings. The molecule has 0 N–H and O–H groups in total. The van der Waals surface area contributed by atoms with E-state index < -0.39 is 26.7 Å². The fourth-order valence-corrected chi connectivity index (χ4v) is 3.36. The van der Waals surface area contributed by atoms with Crippen LogP contribution in [-0.2, 0) is 19.1 Å². The largest absolute Gasteiger partial charge is 0.462 e. The first-order valence-corrected chi connectivity index (χ1v) is 9.24. The molecule has 1 rings (SSSR count). The number of allylic oxidation sites excluding steroid dienone is 1. The molecule has 0 amide bonds. The van der Waals surface area contributed by atoms with Gasteiger partial charge in [0.25, 0.3) is 0 Å². The van der Waals surface area contributed by atoms with Crippen LogP contribution in [0.15, 0.2) is 21.3 Å². The quantitative estimate of drug-likeness (QED) is 0.362. The average Bonchev–Trinajstić information content (AvgIpc) is 2.47. The van der Waals surface area contributed by atoms with Crippen LogP contribution in [0.4, 0.5) is 0 Å². The lowest BCUT2D eigenvalue weighted by atomic mass is 10.2. The van der Waals surface area contributed by atoms with Crippen molar-refractivity contribution in [2.24, 2.45) is 0 Å². The molecule has 0 aliphatic carbocycles. The molecule has 0 saturated carbocycles. The maximum absolute atomic E-state index is 12.0. The van der Waals surface area contributed by atoms with Crippen LogP contribution in [0.2, 0.25) is 0 Å². The summed E-state index contributed by atoms with van der Waals surface area (Å²) >= 11 is -0.615. The fourth-order valence-electron chi connectivity index (χ4n) is 1.44. The van der Waals surface area contributed by atoms with E-state index >= 15 is 0 Å². The second kappa shape index (κ2) is 9.85. The van der Waals surface area contributed by atoms with Gasteiger partial charge in [-0.3, -0.25) is 0 Å². The normalized spacial score (nSPS) is 13.9. The predicted molar refractivity (Wildman–Crippen MR) is 88.0 cm³/mol. The van der Waals surface area contributed by atoms with E-state index in [0.717, 1.165) is 25.7 Å². The number of rotatable bonds is 8. The van der Waals surface area contributed by atoms with Crippen LogP contribution in [0, 0.1) is 0 Å². The maximum atomic E-state index is 12.0. The Balaban J connectivity index is 2.71. The summed E-state index contributed by atoms with van der Waals surface area (Å²) in [6.45, 7) is 4.87. The molecule has 0 aromatic heterocycles. The molecule has 0 radical (unpaired) electrons. The summed E-state index contributed by atoms with van der Waals surface area (Å²) in [5.41, 5.74) is 0.373. The van der Waals surface area contributed by atoms with Crippen LogP contribution in [0.1, 0.15) is 39.5 Å². The van der Waals surface area contributed by atoms with E-state index in [1.165, 1.54) is 0 Å². The molecule has 0 aromatic carbocycles. The molecule has 1 heterocycles. The van der Waals surface area contributed by atoms with Crippen LogP contribution in [0.5, 0.6) is 0 Å². The predicted octanol–water partition coefficient (Wildman–Crippen LogP) is 3.27. The van der Waals surface area contributed by atoms with Gasteiger partial charge in [0, 0.05) is 0 Å². The molecule has 5 heteroatoms. The highest BCUT2D eigenvalue weighted by molar-refractivity contribution is 14.2. The zero-order valence-corrected chi connectivity index (χ0v) is 14.1. The van der Waals surface area contributed by atoms with Gasteiger partial charge in [-0.15, -0.1) is 0 Å². The minimum Gasteiger partial charge on any atom is -0.462 e. The van der Waals surface area contributed by atoms with Crippen molar-refractivity contribution in [1.29, 1.82) is 0 Å². The van der Waals surface area contributed by atoms with Gasteiger partial charge in [-0.1, -0.05) is 53.5 Å². The van der Waals surface area contributed by atoms with E-state index in [1.807, 2.05) is 23.9 Å². The van der Waals surface area contributed by atoms with Crippen molar-refractivity contribution in [3.8, 4) is 0 Å². The Labute approximate surface area is 130 Å². The number of ether oxygens (including phenoxy) is 2. The summed E-state index contributed by atoms with van der Waals surface area (Å²) in [6, 6.07) is 0. The fraction of sp³-hybridized carbons (Fsp3) is 0.533. The number of hydrogen-bond donors (Lipinski definition) is 0. The van der Waals surface area contributed by atoms with E-state index in [9.17, 15) is 9.59 Å². The number of unbranched alkanes of at least 4 members (excludes halogenated alkanes) is 2. The van der Waals surface area contributed by atoms with Crippen LogP contribution in [0.3, 0.4) is 0 Å². The molecule has 0 spiro atoms. The summed E-state index contributed by atoms with van der Waals surface area (Å²) in [6.07, 6.45) is 7.07. The molecular weight excluding hydrogens is 371 g/mol. The summed E-state index contributed by atoms with van der Waals surface area (Å²) in [4.78, 5) is 24.0. The van der Waals surface area contributed by atoms with Crippen LogP contribution in [0.25, 0.3) is 0 Å². The first-order chi connectivity index (χ1) is 9.70. The van der Waals surface area contributed by atoms with Crippen LogP contribution >= 0.6 is 20.7 Å². The van der Waals surface area contributed by atoms with Gasteiger partial charge in [-0.05, 0) is 22.9 Å². The minimum atomic E-state index is -0.615. The first-order valence-electron chi connectivity index (χ1n) is 6.92. The molecule has 1 aliphatic heterocycles. The molecule has 0 aromatic rings. The van der Waals surface area contributed by atoms with Gasteiger partial charge in [0.05, 0.1) is 18.8 Å². The molecule has 4 nitrogen and oxygen atoms in total. The molecule has 112 valence electrons. The Morgan fingerprint density at radius 3 is 2.25 bits per heavy atom. The standard InChI is InChI=1S/C15H21IO4/c1-3-5-10-19-14(17)12-8-7-9-16-13(12)15(18)20-11-6-4-2/h7-9H,3-6,10-11H2,1-2H3. The van der Waals surface area contributed by atoms with Gasteiger partial charge >= 0.3 is 11.9 Å². The highest BCUT2D eigenvalue weighted by atomic mass is 127. The van der Waals surface area contributed by atoms with Crippen molar-refractivity contribution in [1.82, 2.24) is 0 Å². The number of carbonyl (C=O) groups excluding carboxylic acids is 2. The monoisotopic (exact) mass is 392 g/mol. The number of esters is 2. The lowest BCUT2D eigenvalue weighted by Crippen LogP contribution is -2.15. The SMILES string of the molecule is CCCCOC(=O)C1=C(C(=O)OCCCC)I=CC=C1. The van der Waals surface area contributed by atoms with Crippen molar-refractivity contribution < 1.29 is 19.1 Å². The van der Waals surface area contributed by atoms with Gasteiger partial charge in [0.2, 0.25) is 0 Å². The van der Waals surface area contributed by atoms with Crippen molar-refractivity contribution in [2.45, 2.75) is 39.5 Å². The molecule has 20 heavy (non-hydrogen) atoms. The Bertz CT molecular complexity index is 395. The smallest absolute Gasteiger partial charge is 0.344 e. The molecule has 0 bridgehead atoms. The minimum absolute atomic E-state index is 0.366.